The molecule has 1 rings (SSSR count). The van der Waals surface area contributed by atoms with Gasteiger partial charge in [-0.15, -0.1) is 0 Å². The maximum Gasteiger partial charge on any atom is 0.310 e. The normalized spacial score (nSPS) is 14.1. The van der Waals surface area contributed by atoms with E-state index >= 15 is 0 Å². The van der Waals surface area contributed by atoms with Crippen LogP contribution in [0, 0.1) is 10.1 Å². The third-order valence-electron chi connectivity index (χ3n) is 2.93. The topological polar surface area (TPSA) is 84.6 Å². The van der Waals surface area contributed by atoms with Crippen LogP contribution in [0.2, 0.25) is 0 Å². The first-order valence-electron chi connectivity index (χ1n) is 6.66. The number of nitro groups is 1. The van der Waals surface area contributed by atoms with Gasteiger partial charge in [-0.2, -0.15) is 0 Å². The quantitative estimate of drug-likeness (QED) is 0.592. The molecule has 0 aliphatic heterocycles. The summed E-state index contributed by atoms with van der Waals surface area (Å²) in [6, 6.07) is 5.10. The van der Waals surface area contributed by atoms with Gasteiger partial charge < -0.3 is 15.2 Å². The van der Waals surface area contributed by atoms with E-state index in [1.54, 1.807) is 26.0 Å². The first kappa shape index (κ1) is 16.4. The van der Waals surface area contributed by atoms with Gasteiger partial charge in [0.2, 0.25) is 0 Å². The van der Waals surface area contributed by atoms with E-state index in [1.807, 2.05) is 13.8 Å². The Morgan fingerprint density at radius 1 is 1.35 bits per heavy atom. The Labute approximate surface area is 118 Å². The van der Waals surface area contributed by atoms with E-state index in [0.29, 0.717) is 12.6 Å². The summed E-state index contributed by atoms with van der Waals surface area (Å²) < 4.78 is 5.50. The molecule has 0 radical (unpaired) electrons. The summed E-state index contributed by atoms with van der Waals surface area (Å²) >= 11 is 0. The smallest absolute Gasteiger partial charge is 0.310 e. The standard InChI is InChI=1S/C14H22N2O4/c1-9(2)15-8-12-5-6-13(16(18)19)14(7-12)20-11(4)10(3)17/h5-7,9-11,15,17H,8H2,1-4H3. The minimum Gasteiger partial charge on any atom is -0.481 e. The number of benzene rings is 1. The van der Waals surface area contributed by atoms with Gasteiger partial charge in [-0.3, -0.25) is 10.1 Å². The van der Waals surface area contributed by atoms with Gasteiger partial charge in [0.15, 0.2) is 5.75 Å². The van der Waals surface area contributed by atoms with Crippen molar-refractivity contribution in [2.24, 2.45) is 0 Å². The SMILES string of the molecule is CC(C)NCc1ccc([N+](=O)[O-])c(OC(C)C(C)O)c1. The first-order valence-corrected chi connectivity index (χ1v) is 6.66. The fourth-order valence-electron chi connectivity index (χ4n) is 1.53. The van der Waals surface area contributed by atoms with Crippen molar-refractivity contribution in [3.05, 3.63) is 33.9 Å². The van der Waals surface area contributed by atoms with E-state index in [4.69, 9.17) is 4.74 Å². The Morgan fingerprint density at radius 3 is 2.50 bits per heavy atom. The zero-order valence-corrected chi connectivity index (χ0v) is 12.3. The Balaban J connectivity index is 2.96. The molecule has 0 aromatic heterocycles. The van der Waals surface area contributed by atoms with Crippen molar-refractivity contribution in [1.29, 1.82) is 0 Å². The van der Waals surface area contributed by atoms with Gasteiger partial charge in [-0.25, -0.2) is 0 Å². The molecular formula is C14H22N2O4. The number of hydrogen-bond acceptors (Lipinski definition) is 5. The van der Waals surface area contributed by atoms with Crippen molar-refractivity contribution in [3.63, 3.8) is 0 Å². The molecule has 0 amide bonds. The molecule has 0 aliphatic rings. The highest BCUT2D eigenvalue weighted by Gasteiger charge is 2.19. The second kappa shape index (κ2) is 7.21. The maximum absolute atomic E-state index is 11.0. The predicted octanol–water partition coefficient (Wildman–Crippen LogP) is 2.24. The fourth-order valence-corrected chi connectivity index (χ4v) is 1.53. The minimum absolute atomic E-state index is 0.0919. The molecule has 0 spiro atoms. The molecule has 6 nitrogen and oxygen atoms in total. The van der Waals surface area contributed by atoms with Crippen molar-refractivity contribution < 1.29 is 14.8 Å². The Morgan fingerprint density at radius 2 is 2.00 bits per heavy atom. The van der Waals surface area contributed by atoms with Crippen LogP contribution in [0.25, 0.3) is 0 Å². The van der Waals surface area contributed by atoms with Crippen LogP contribution in [0.15, 0.2) is 18.2 Å². The molecule has 0 heterocycles. The summed E-state index contributed by atoms with van der Waals surface area (Å²) in [5, 5.41) is 23.7. The van der Waals surface area contributed by atoms with Gasteiger partial charge in [0.25, 0.3) is 0 Å². The molecule has 112 valence electrons. The van der Waals surface area contributed by atoms with E-state index in [1.165, 1.54) is 6.07 Å². The number of aliphatic hydroxyl groups excluding tert-OH is 1. The molecule has 20 heavy (non-hydrogen) atoms. The highest BCUT2D eigenvalue weighted by molar-refractivity contribution is 5.48. The molecule has 2 N–H and O–H groups in total. The molecule has 0 saturated heterocycles. The summed E-state index contributed by atoms with van der Waals surface area (Å²) in [7, 11) is 0. The number of hydrogen-bond donors (Lipinski definition) is 2. The third kappa shape index (κ3) is 4.79. The van der Waals surface area contributed by atoms with E-state index in [0.717, 1.165) is 5.56 Å². The fraction of sp³-hybridized carbons (Fsp3) is 0.571. The van der Waals surface area contributed by atoms with Crippen LogP contribution < -0.4 is 10.1 Å². The lowest BCUT2D eigenvalue weighted by Gasteiger charge is -2.18. The Bertz CT molecular complexity index is 460. The monoisotopic (exact) mass is 282 g/mol. The van der Waals surface area contributed by atoms with Crippen LogP contribution >= 0.6 is 0 Å². The lowest BCUT2D eigenvalue weighted by Crippen LogP contribution is -2.26. The highest BCUT2D eigenvalue weighted by Crippen LogP contribution is 2.29. The molecule has 0 aliphatic carbocycles. The Hall–Kier alpha value is -1.66. The lowest BCUT2D eigenvalue weighted by atomic mass is 10.1. The molecular weight excluding hydrogens is 260 g/mol. The van der Waals surface area contributed by atoms with E-state index < -0.39 is 17.1 Å². The average Bonchev–Trinajstić information content (AvgIpc) is 2.35. The summed E-state index contributed by atoms with van der Waals surface area (Å²) in [6.45, 7) is 7.92. The van der Waals surface area contributed by atoms with Crippen LogP contribution in [0.1, 0.15) is 33.3 Å². The largest absolute Gasteiger partial charge is 0.481 e. The van der Waals surface area contributed by atoms with Gasteiger partial charge in [-0.1, -0.05) is 19.9 Å². The molecule has 2 unspecified atom stereocenters. The molecule has 1 aromatic rings. The molecule has 2 atom stereocenters. The summed E-state index contributed by atoms with van der Waals surface area (Å²) in [5.41, 5.74) is 0.808. The van der Waals surface area contributed by atoms with E-state index in [-0.39, 0.29) is 11.4 Å². The molecule has 0 saturated carbocycles. The number of aliphatic hydroxyl groups is 1. The van der Waals surface area contributed by atoms with Crippen LogP contribution in [-0.2, 0) is 6.54 Å². The maximum atomic E-state index is 11.0. The molecule has 6 heteroatoms. The summed E-state index contributed by atoms with van der Waals surface area (Å²) in [6.07, 6.45) is -1.21. The second-order valence-corrected chi connectivity index (χ2v) is 5.16. The second-order valence-electron chi connectivity index (χ2n) is 5.16. The average molecular weight is 282 g/mol. The van der Waals surface area contributed by atoms with Crippen molar-refractivity contribution in [1.82, 2.24) is 5.32 Å². The van der Waals surface area contributed by atoms with Crippen LogP contribution in [0.4, 0.5) is 5.69 Å². The number of ether oxygens (including phenoxy) is 1. The van der Waals surface area contributed by atoms with Crippen LogP contribution in [0.5, 0.6) is 5.75 Å². The molecule has 0 bridgehead atoms. The van der Waals surface area contributed by atoms with Gasteiger partial charge in [0, 0.05) is 18.7 Å². The zero-order valence-electron chi connectivity index (χ0n) is 12.3. The third-order valence-corrected chi connectivity index (χ3v) is 2.93. The lowest BCUT2D eigenvalue weighted by molar-refractivity contribution is -0.386. The zero-order chi connectivity index (χ0) is 15.3. The summed E-state index contributed by atoms with van der Waals surface area (Å²) in [4.78, 5) is 10.5. The van der Waals surface area contributed by atoms with Gasteiger partial charge in [-0.05, 0) is 25.5 Å². The number of rotatable bonds is 7. The predicted molar refractivity (Wildman–Crippen MR) is 76.8 cm³/mol. The van der Waals surface area contributed by atoms with Gasteiger partial charge >= 0.3 is 5.69 Å². The van der Waals surface area contributed by atoms with Crippen molar-refractivity contribution in [2.75, 3.05) is 0 Å². The van der Waals surface area contributed by atoms with Crippen molar-refractivity contribution >= 4 is 5.69 Å². The number of nitrogens with one attached hydrogen (secondary N) is 1. The Kier molecular flexibility index (Phi) is 5.91. The van der Waals surface area contributed by atoms with Gasteiger partial charge in [0.1, 0.15) is 6.10 Å². The number of nitrogens with zero attached hydrogens (tertiary/aromatic N) is 1. The summed E-state index contributed by atoms with van der Waals surface area (Å²) in [5.74, 6) is 0.187. The molecule has 1 aromatic carbocycles. The van der Waals surface area contributed by atoms with E-state index in [2.05, 4.69) is 5.32 Å². The van der Waals surface area contributed by atoms with Gasteiger partial charge in [0.05, 0.1) is 11.0 Å². The first-order chi connectivity index (χ1) is 9.31. The highest BCUT2D eigenvalue weighted by atomic mass is 16.6. The van der Waals surface area contributed by atoms with Crippen molar-refractivity contribution in [3.8, 4) is 5.75 Å². The van der Waals surface area contributed by atoms with Crippen molar-refractivity contribution in [2.45, 2.75) is 52.5 Å². The van der Waals surface area contributed by atoms with E-state index in [9.17, 15) is 15.2 Å². The molecule has 0 fully saturated rings. The van der Waals surface area contributed by atoms with Crippen LogP contribution in [0.3, 0.4) is 0 Å². The number of nitro benzene ring substituents is 1. The van der Waals surface area contributed by atoms with Crippen LogP contribution in [-0.4, -0.2) is 28.3 Å². The minimum atomic E-state index is -0.702.